The summed E-state index contributed by atoms with van der Waals surface area (Å²) < 4.78 is 10.9. The maximum atomic E-state index is 14.1. The van der Waals surface area contributed by atoms with Crippen LogP contribution in [0.1, 0.15) is 39.3 Å². The molecule has 2 N–H and O–H groups in total. The molecule has 0 fully saturated rings. The van der Waals surface area contributed by atoms with E-state index in [2.05, 4.69) is 10.6 Å². The number of rotatable bonds is 10. The first kappa shape index (κ1) is 34.4. The monoisotopic (exact) mass is 738 g/mol. The van der Waals surface area contributed by atoms with E-state index in [9.17, 15) is 14.4 Å². The van der Waals surface area contributed by atoms with Gasteiger partial charge >= 0.3 is 0 Å². The number of thioether (sulfide) groups is 1. The number of nitrogens with zero attached hydrogens (tertiary/aromatic N) is 4. The lowest BCUT2D eigenvalue weighted by Crippen LogP contribution is -2.24. The average molecular weight is 739 g/mol. The number of amides is 2. The van der Waals surface area contributed by atoms with Crippen LogP contribution >= 0.6 is 34.7 Å². The number of anilines is 2. The third-order valence-corrected chi connectivity index (χ3v) is 11.4. The fourth-order valence-electron chi connectivity index (χ4n) is 6.38. The third kappa shape index (κ3) is 6.74. The van der Waals surface area contributed by atoms with E-state index < -0.39 is 5.91 Å². The Morgan fingerprint density at radius 3 is 2.47 bits per heavy atom. The lowest BCUT2D eigenvalue weighted by atomic mass is 9.95. The van der Waals surface area contributed by atoms with E-state index in [-0.39, 0.29) is 22.9 Å². The van der Waals surface area contributed by atoms with Gasteiger partial charge in [0.25, 0.3) is 11.5 Å². The number of hydrogen-bond acceptors (Lipinski definition) is 7. The first-order chi connectivity index (χ1) is 24.7. The molecule has 0 unspecified atom stereocenters. The SMILES string of the molecule is COc1ccccc1-n1c(-c2ccc(Cl)cc2)cnc1SCC(=O)Nc1sc2c(c1C(=O)Nc1c(C)n(C)n(-c3ccccc3)c1=O)CCCC2. The number of thiophene rings is 1. The van der Waals surface area contributed by atoms with Crippen LogP contribution in [0.4, 0.5) is 10.7 Å². The van der Waals surface area contributed by atoms with Crippen LogP contribution < -0.4 is 20.9 Å². The van der Waals surface area contributed by atoms with Gasteiger partial charge in [-0.3, -0.25) is 23.6 Å². The van der Waals surface area contributed by atoms with Crippen molar-refractivity contribution in [2.45, 2.75) is 37.8 Å². The molecule has 0 bridgehead atoms. The van der Waals surface area contributed by atoms with Crippen LogP contribution in [-0.4, -0.2) is 43.6 Å². The van der Waals surface area contributed by atoms with Crippen LogP contribution in [0, 0.1) is 6.92 Å². The zero-order valence-corrected chi connectivity index (χ0v) is 30.6. The molecule has 13 heteroatoms. The predicted molar refractivity (Wildman–Crippen MR) is 205 cm³/mol. The van der Waals surface area contributed by atoms with E-state index in [0.29, 0.717) is 37.9 Å². The number of carbonyl (C=O) groups is 2. The molecule has 0 saturated heterocycles. The minimum absolute atomic E-state index is 0.0371. The fourth-order valence-corrected chi connectivity index (χ4v) is 8.60. The number of aromatic nitrogens is 4. The Balaban J connectivity index is 1.16. The van der Waals surface area contributed by atoms with Crippen molar-refractivity contribution < 1.29 is 14.3 Å². The van der Waals surface area contributed by atoms with Crippen molar-refractivity contribution in [1.82, 2.24) is 18.9 Å². The number of imidazole rings is 1. The van der Waals surface area contributed by atoms with Crippen LogP contribution in [0.5, 0.6) is 5.75 Å². The third-order valence-electron chi connectivity index (χ3n) is 8.97. The Labute approximate surface area is 308 Å². The van der Waals surface area contributed by atoms with E-state index in [1.807, 2.05) is 83.4 Å². The summed E-state index contributed by atoms with van der Waals surface area (Å²) in [6.07, 6.45) is 5.28. The second kappa shape index (κ2) is 14.7. The van der Waals surface area contributed by atoms with E-state index in [1.165, 1.54) is 27.8 Å². The van der Waals surface area contributed by atoms with Gasteiger partial charge in [-0.25, -0.2) is 9.67 Å². The first-order valence-corrected chi connectivity index (χ1v) is 18.6. The number of halogens is 1. The van der Waals surface area contributed by atoms with E-state index in [0.717, 1.165) is 53.1 Å². The maximum absolute atomic E-state index is 14.1. The van der Waals surface area contributed by atoms with Crippen LogP contribution in [-0.2, 0) is 24.7 Å². The van der Waals surface area contributed by atoms with Gasteiger partial charge in [0.05, 0.1) is 47.4 Å². The van der Waals surface area contributed by atoms with Gasteiger partial charge in [-0.05, 0) is 74.6 Å². The summed E-state index contributed by atoms with van der Waals surface area (Å²) in [5, 5.41) is 7.65. The normalized spacial score (nSPS) is 12.4. The molecule has 0 atom stereocenters. The standard InChI is InChI=1S/C38H35ClN6O4S2/c1-23-34(37(48)45(43(23)2)26-11-5-4-6-12-26)42-35(47)33-27-13-7-10-16-31(27)51-36(33)41-32(46)22-50-38-40-21-29(24-17-19-25(39)20-18-24)44(38)28-14-8-9-15-30(28)49-3/h4-6,8-9,11-12,14-15,17-21H,7,10,13,16,22H2,1-3H3,(H,41,46)(H,42,47). The molecule has 7 rings (SSSR count). The summed E-state index contributed by atoms with van der Waals surface area (Å²) in [6.45, 7) is 1.80. The van der Waals surface area contributed by atoms with Crippen LogP contribution in [0.2, 0.25) is 5.02 Å². The molecule has 260 valence electrons. The van der Waals surface area contributed by atoms with E-state index in [1.54, 1.807) is 32.0 Å². The molecule has 0 saturated carbocycles. The lowest BCUT2D eigenvalue weighted by molar-refractivity contribution is -0.113. The highest BCUT2D eigenvalue weighted by molar-refractivity contribution is 7.99. The molecule has 1 aliphatic carbocycles. The second-order valence-corrected chi connectivity index (χ2v) is 14.6. The highest BCUT2D eigenvalue weighted by Crippen LogP contribution is 2.39. The molecule has 3 aromatic carbocycles. The van der Waals surface area contributed by atoms with Gasteiger partial charge in [-0.2, -0.15) is 0 Å². The van der Waals surface area contributed by atoms with Crippen molar-refractivity contribution in [3.05, 3.63) is 122 Å². The smallest absolute Gasteiger partial charge is 0.295 e. The minimum Gasteiger partial charge on any atom is -0.495 e. The van der Waals surface area contributed by atoms with Crippen molar-refractivity contribution >= 4 is 57.2 Å². The first-order valence-electron chi connectivity index (χ1n) is 16.4. The highest BCUT2D eigenvalue weighted by atomic mass is 35.5. The summed E-state index contributed by atoms with van der Waals surface area (Å²) in [5.41, 5.74) is 5.03. The van der Waals surface area contributed by atoms with Crippen molar-refractivity contribution in [2.24, 2.45) is 7.05 Å². The number of hydrogen-bond donors (Lipinski definition) is 2. The molecular weight excluding hydrogens is 704 g/mol. The number of para-hydroxylation sites is 3. The van der Waals surface area contributed by atoms with Crippen molar-refractivity contribution in [3.8, 4) is 28.4 Å². The zero-order chi connectivity index (χ0) is 35.6. The predicted octanol–water partition coefficient (Wildman–Crippen LogP) is 7.92. The molecule has 2 amide bonds. The van der Waals surface area contributed by atoms with Gasteiger partial charge in [-0.15, -0.1) is 11.3 Å². The number of methoxy groups -OCH3 is 1. The molecule has 3 aromatic heterocycles. The Hall–Kier alpha value is -5.04. The maximum Gasteiger partial charge on any atom is 0.295 e. The summed E-state index contributed by atoms with van der Waals surface area (Å²) in [7, 11) is 3.40. The Kier molecular flexibility index (Phi) is 9.90. The number of nitrogens with one attached hydrogen (secondary N) is 2. The van der Waals surface area contributed by atoms with Gasteiger partial charge in [0, 0.05) is 22.5 Å². The Morgan fingerprint density at radius 2 is 1.71 bits per heavy atom. The molecule has 3 heterocycles. The highest BCUT2D eigenvalue weighted by Gasteiger charge is 2.29. The number of carbonyl (C=O) groups excluding carboxylic acids is 2. The number of aryl methyl sites for hydroxylation is 1. The minimum atomic E-state index is -0.414. The molecule has 0 spiro atoms. The lowest BCUT2D eigenvalue weighted by Gasteiger charge is -2.15. The van der Waals surface area contributed by atoms with Crippen molar-refractivity contribution in [2.75, 3.05) is 23.5 Å². The fraction of sp³-hybridized carbons (Fsp3) is 0.211. The van der Waals surface area contributed by atoms with Crippen LogP contribution in [0.3, 0.4) is 0 Å². The van der Waals surface area contributed by atoms with Gasteiger partial charge in [-0.1, -0.05) is 65.8 Å². The molecular formula is C38H35ClN6O4S2. The van der Waals surface area contributed by atoms with Crippen molar-refractivity contribution in [3.63, 3.8) is 0 Å². The van der Waals surface area contributed by atoms with Gasteiger partial charge in [0.15, 0.2) is 5.16 Å². The number of benzene rings is 3. The van der Waals surface area contributed by atoms with Gasteiger partial charge < -0.3 is 15.4 Å². The topological polar surface area (TPSA) is 112 Å². The largest absolute Gasteiger partial charge is 0.495 e. The van der Waals surface area contributed by atoms with Crippen molar-refractivity contribution in [1.29, 1.82) is 0 Å². The molecule has 51 heavy (non-hydrogen) atoms. The molecule has 1 aliphatic rings. The van der Waals surface area contributed by atoms with E-state index >= 15 is 0 Å². The van der Waals surface area contributed by atoms with Crippen LogP contribution in [0.25, 0.3) is 22.6 Å². The zero-order valence-electron chi connectivity index (χ0n) is 28.2. The quantitative estimate of drug-likeness (QED) is 0.138. The molecule has 6 aromatic rings. The molecule has 0 aliphatic heterocycles. The average Bonchev–Trinajstić information content (AvgIpc) is 3.80. The number of fused-ring (bicyclic) bond motifs is 1. The van der Waals surface area contributed by atoms with E-state index in [4.69, 9.17) is 21.3 Å². The molecule has 10 nitrogen and oxygen atoms in total. The Bertz CT molecular complexity index is 2310. The summed E-state index contributed by atoms with van der Waals surface area (Å²) in [6, 6.07) is 24.4. The Morgan fingerprint density at radius 1 is 0.980 bits per heavy atom. The van der Waals surface area contributed by atoms with Gasteiger partial charge in [0.2, 0.25) is 5.91 Å². The van der Waals surface area contributed by atoms with Gasteiger partial charge in [0.1, 0.15) is 16.4 Å². The molecule has 0 radical (unpaired) electrons. The number of ether oxygens (including phenoxy) is 1. The summed E-state index contributed by atoms with van der Waals surface area (Å²) in [5.74, 6) is -0.00334. The summed E-state index contributed by atoms with van der Waals surface area (Å²) >= 11 is 8.89. The second-order valence-electron chi connectivity index (χ2n) is 12.1. The van der Waals surface area contributed by atoms with Crippen LogP contribution in [0.15, 0.2) is 95.0 Å². The summed E-state index contributed by atoms with van der Waals surface area (Å²) in [4.78, 5) is 47.1.